The molecular formula is C14H16N4O. The van der Waals surface area contributed by atoms with Crippen molar-refractivity contribution in [2.24, 2.45) is 5.92 Å². The third-order valence-corrected chi connectivity index (χ3v) is 3.38. The molecule has 5 nitrogen and oxygen atoms in total. The van der Waals surface area contributed by atoms with Crippen molar-refractivity contribution in [3.8, 4) is 0 Å². The van der Waals surface area contributed by atoms with E-state index in [-0.39, 0.29) is 11.7 Å². The van der Waals surface area contributed by atoms with Gasteiger partial charge in [0.1, 0.15) is 5.82 Å². The van der Waals surface area contributed by atoms with E-state index < -0.39 is 0 Å². The summed E-state index contributed by atoms with van der Waals surface area (Å²) >= 11 is 0. The first-order valence-corrected chi connectivity index (χ1v) is 6.44. The van der Waals surface area contributed by atoms with Crippen molar-refractivity contribution in [3.63, 3.8) is 0 Å². The Labute approximate surface area is 111 Å². The quantitative estimate of drug-likeness (QED) is 0.848. The molecule has 1 atom stereocenters. The Balaban J connectivity index is 1.99. The summed E-state index contributed by atoms with van der Waals surface area (Å²) in [4.78, 5) is 18.4. The average Bonchev–Trinajstić information content (AvgIpc) is 2.83. The van der Waals surface area contributed by atoms with Crippen molar-refractivity contribution in [1.29, 1.82) is 0 Å². The van der Waals surface area contributed by atoms with Crippen LogP contribution in [0.3, 0.4) is 0 Å². The van der Waals surface area contributed by atoms with Crippen LogP contribution in [0, 0.1) is 12.8 Å². The van der Waals surface area contributed by atoms with Crippen molar-refractivity contribution in [3.05, 3.63) is 41.5 Å². The van der Waals surface area contributed by atoms with Crippen LogP contribution in [0.25, 0.3) is 0 Å². The molecule has 2 heterocycles. The minimum atomic E-state index is -0.136. The molecule has 1 aliphatic rings. The van der Waals surface area contributed by atoms with Gasteiger partial charge in [-0.3, -0.25) is 9.89 Å². The van der Waals surface area contributed by atoms with E-state index in [1.165, 1.54) is 5.56 Å². The number of hydrogen-bond donors (Lipinski definition) is 1. The predicted molar refractivity (Wildman–Crippen MR) is 72.1 cm³/mol. The number of hydrogen-bond acceptors (Lipinski definition) is 3. The minimum Gasteiger partial charge on any atom is -0.305 e. The number of nitrogens with zero attached hydrogens (tertiary/aromatic N) is 3. The number of amides is 1. The molecule has 0 fully saturated rings. The second-order valence-corrected chi connectivity index (χ2v) is 5.10. The van der Waals surface area contributed by atoms with Gasteiger partial charge in [0.05, 0.1) is 0 Å². The summed E-state index contributed by atoms with van der Waals surface area (Å²) in [6.07, 6.45) is 1.01. The summed E-state index contributed by atoms with van der Waals surface area (Å²) in [5, 5.41) is 6.68. The van der Waals surface area contributed by atoms with Gasteiger partial charge in [-0.25, -0.2) is 4.98 Å². The average molecular weight is 256 g/mol. The van der Waals surface area contributed by atoms with Crippen molar-refractivity contribution >= 4 is 11.6 Å². The summed E-state index contributed by atoms with van der Waals surface area (Å²) in [6.45, 7) is 4.65. The third kappa shape index (κ3) is 2.12. The van der Waals surface area contributed by atoms with Gasteiger partial charge in [-0.1, -0.05) is 25.1 Å². The number of carbonyl (C=O) groups excluding carboxylic acids is 1. The molecule has 0 spiro atoms. The SMILES string of the molecule is Cc1nc(C(=O)N2CC(C)Cc3ccccc32)n[nH]1. The Bertz CT molecular complexity index is 619. The summed E-state index contributed by atoms with van der Waals surface area (Å²) in [5.41, 5.74) is 2.19. The highest BCUT2D eigenvalue weighted by Gasteiger charge is 2.28. The fourth-order valence-corrected chi connectivity index (χ4v) is 2.55. The number of para-hydroxylation sites is 1. The highest BCUT2D eigenvalue weighted by Crippen LogP contribution is 2.30. The molecule has 1 unspecified atom stereocenters. The highest BCUT2D eigenvalue weighted by atomic mass is 16.2. The van der Waals surface area contributed by atoms with Gasteiger partial charge in [-0.05, 0) is 30.9 Å². The van der Waals surface area contributed by atoms with Gasteiger partial charge in [0.15, 0.2) is 0 Å². The van der Waals surface area contributed by atoms with E-state index in [1.54, 1.807) is 11.8 Å². The number of aryl methyl sites for hydroxylation is 1. The zero-order valence-electron chi connectivity index (χ0n) is 11.1. The molecule has 0 saturated heterocycles. The molecule has 1 N–H and O–H groups in total. The number of aromatic nitrogens is 3. The highest BCUT2D eigenvalue weighted by molar-refractivity contribution is 6.04. The number of H-pyrrole nitrogens is 1. The zero-order valence-corrected chi connectivity index (χ0v) is 11.1. The summed E-state index contributed by atoms with van der Waals surface area (Å²) < 4.78 is 0. The Morgan fingerprint density at radius 1 is 1.42 bits per heavy atom. The van der Waals surface area contributed by atoms with Crippen LogP contribution in [0.4, 0.5) is 5.69 Å². The number of carbonyl (C=O) groups is 1. The second-order valence-electron chi connectivity index (χ2n) is 5.10. The molecule has 0 bridgehead atoms. The van der Waals surface area contributed by atoms with Gasteiger partial charge in [0.25, 0.3) is 5.91 Å². The monoisotopic (exact) mass is 256 g/mol. The minimum absolute atomic E-state index is 0.136. The van der Waals surface area contributed by atoms with Crippen LogP contribution < -0.4 is 4.90 Å². The maximum atomic E-state index is 12.5. The number of fused-ring (bicyclic) bond motifs is 1. The lowest BCUT2D eigenvalue weighted by Crippen LogP contribution is -2.39. The van der Waals surface area contributed by atoms with Gasteiger partial charge in [0, 0.05) is 12.2 Å². The van der Waals surface area contributed by atoms with E-state index in [9.17, 15) is 4.79 Å². The summed E-state index contributed by atoms with van der Waals surface area (Å²) in [7, 11) is 0. The van der Waals surface area contributed by atoms with Crippen molar-refractivity contribution in [2.45, 2.75) is 20.3 Å². The molecule has 0 aliphatic carbocycles. The van der Waals surface area contributed by atoms with Crippen LogP contribution in [0.1, 0.15) is 28.9 Å². The van der Waals surface area contributed by atoms with Crippen LogP contribution in [0.2, 0.25) is 0 Å². The predicted octanol–water partition coefficient (Wildman–Crippen LogP) is 1.95. The van der Waals surface area contributed by atoms with Crippen LogP contribution in [0.5, 0.6) is 0 Å². The van der Waals surface area contributed by atoms with Crippen molar-refractivity contribution < 1.29 is 4.79 Å². The second kappa shape index (κ2) is 4.50. The zero-order chi connectivity index (χ0) is 13.4. The number of anilines is 1. The summed E-state index contributed by atoms with van der Waals surface area (Å²) in [6, 6.07) is 8.03. The maximum Gasteiger partial charge on any atom is 0.297 e. The van der Waals surface area contributed by atoms with Gasteiger partial charge < -0.3 is 4.90 Å². The van der Waals surface area contributed by atoms with Crippen molar-refractivity contribution in [2.75, 3.05) is 11.4 Å². The number of rotatable bonds is 1. The molecule has 1 aromatic carbocycles. The smallest absolute Gasteiger partial charge is 0.297 e. The Morgan fingerprint density at radius 2 is 2.21 bits per heavy atom. The Hall–Kier alpha value is -2.17. The standard InChI is InChI=1S/C14H16N4O/c1-9-7-11-5-3-4-6-12(11)18(8-9)14(19)13-15-10(2)16-17-13/h3-6,9H,7-8H2,1-2H3,(H,15,16,17). The summed E-state index contributed by atoms with van der Waals surface area (Å²) in [5.74, 6) is 1.20. The maximum absolute atomic E-state index is 12.5. The topological polar surface area (TPSA) is 61.9 Å². The lowest BCUT2D eigenvalue weighted by molar-refractivity contribution is 0.0971. The first-order valence-electron chi connectivity index (χ1n) is 6.44. The number of benzene rings is 1. The lowest BCUT2D eigenvalue weighted by atomic mass is 9.94. The van der Waals surface area contributed by atoms with Gasteiger partial charge in [0.2, 0.25) is 5.82 Å². The van der Waals surface area contributed by atoms with Gasteiger partial charge in [-0.2, -0.15) is 0 Å². The first-order chi connectivity index (χ1) is 9.15. The molecule has 2 aromatic rings. The van der Waals surface area contributed by atoms with Gasteiger partial charge in [-0.15, -0.1) is 5.10 Å². The Morgan fingerprint density at radius 3 is 2.95 bits per heavy atom. The number of aromatic amines is 1. The molecule has 0 saturated carbocycles. The third-order valence-electron chi connectivity index (χ3n) is 3.38. The lowest BCUT2D eigenvalue weighted by Gasteiger charge is -2.32. The molecule has 19 heavy (non-hydrogen) atoms. The molecule has 3 rings (SSSR count). The molecule has 1 aliphatic heterocycles. The molecule has 1 amide bonds. The van der Waals surface area contributed by atoms with E-state index in [2.05, 4.69) is 28.2 Å². The van der Waals surface area contributed by atoms with Crippen LogP contribution >= 0.6 is 0 Å². The normalized spacial score (nSPS) is 18.2. The van der Waals surface area contributed by atoms with Crippen molar-refractivity contribution in [1.82, 2.24) is 15.2 Å². The first kappa shape index (κ1) is 11.9. The largest absolute Gasteiger partial charge is 0.305 e. The molecular weight excluding hydrogens is 240 g/mol. The van der Waals surface area contributed by atoms with E-state index in [1.807, 2.05) is 18.2 Å². The molecule has 1 aromatic heterocycles. The van der Waals surface area contributed by atoms with Crippen LogP contribution in [-0.4, -0.2) is 27.6 Å². The van der Waals surface area contributed by atoms with E-state index in [0.29, 0.717) is 18.3 Å². The molecule has 5 heteroatoms. The fraction of sp³-hybridized carbons (Fsp3) is 0.357. The Kier molecular flexibility index (Phi) is 2.81. The van der Waals surface area contributed by atoms with Gasteiger partial charge >= 0.3 is 0 Å². The molecule has 0 radical (unpaired) electrons. The van der Waals surface area contributed by atoms with Crippen LogP contribution in [-0.2, 0) is 6.42 Å². The van der Waals surface area contributed by atoms with Crippen LogP contribution in [0.15, 0.2) is 24.3 Å². The van der Waals surface area contributed by atoms with E-state index in [4.69, 9.17) is 0 Å². The fourth-order valence-electron chi connectivity index (χ4n) is 2.55. The molecule has 98 valence electrons. The number of nitrogens with one attached hydrogen (secondary N) is 1. The van der Waals surface area contributed by atoms with E-state index in [0.717, 1.165) is 12.1 Å². The van der Waals surface area contributed by atoms with E-state index >= 15 is 0 Å².